The van der Waals surface area contributed by atoms with Gasteiger partial charge in [0, 0.05) is 26.1 Å². The highest BCUT2D eigenvalue weighted by Gasteiger charge is 2.32. The molecule has 0 unspecified atom stereocenters. The van der Waals surface area contributed by atoms with Crippen molar-refractivity contribution in [2.24, 2.45) is 17.4 Å². The third kappa shape index (κ3) is 12.7. The summed E-state index contributed by atoms with van der Waals surface area (Å²) in [7, 11) is 0. The summed E-state index contributed by atoms with van der Waals surface area (Å²) in [6.07, 6.45) is 2.73. The Balaban J connectivity index is 1.76. The van der Waals surface area contributed by atoms with Gasteiger partial charge in [-0.2, -0.15) is 0 Å². The number of nitrogens with one attached hydrogen (secondary N) is 3. The van der Waals surface area contributed by atoms with Gasteiger partial charge in [0.2, 0.25) is 23.6 Å². The Labute approximate surface area is 280 Å². The van der Waals surface area contributed by atoms with E-state index in [4.69, 9.17) is 11.5 Å². The third-order valence-electron chi connectivity index (χ3n) is 8.55. The molecule has 0 radical (unpaired) electrons. The Morgan fingerprint density at radius 2 is 1.32 bits per heavy atom. The first-order valence-electron chi connectivity index (χ1n) is 17.1. The van der Waals surface area contributed by atoms with Crippen LogP contribution in [0.2, 0.25) is 0 Å². The molecule has 0 bridgehead atoms. The predicted octanol–water partition coefficient (Wildman–Crippen LogP) is 1.59. The van der Waals surface area contributed by atoms with Gasteiger partial charge in [-0.25, -0.2) is 0 Å². The second-order valence-electron chi connectivity index (χ2n) is 12.8. The molecular weight excluding hydrogens is 594 g/mol. The fraction of sp³-hybridized carbons (Fsp3) is 0.556. The van der Waals surface area contributed by atoms with Crippen molar-refractivity contribution in [2.75, 3.05) is 39.3 Å². The van der Waals surface area contributed by atoms with Gasteiger partial charge in [0.05, 0.1) is 6.04 Å². The van der Waals surface area contributed by atoms with Crippen LogP contribution in [0, 0.1) is 5.92 Å². The zero-order chi connectivity index (χ0) is 34.2. The number of hydrogen-bond donors (Lipinski definition) is 5. The lowest BCUT2D eigenvalue weighted by molar-refractivity contribution is -0.138. The van der Waals surface area contributed by atoms with E-state index in [2.05, 4.69) is 27.8 Å². The zero-order valence-corrected chi connectivity index (χ0v) is 28.3. The van der Waals surface area contributed by atoms with Gasteiger partial charge in [-0.3, -0.25) is 19.2 Å². The summed E-state index contributed by atoms with van der Waals surface area (Å²) < 4.78 is 0. The molecule has 0 saturated carbocycles. The maximum atomic E-state index is 13.9. The largest absolute Gasteiger partial charge is 0.343 e. The van der Waals surface area contributed by atoms with Crippen LogP contribution in [0.3, 0.4) is 0 Å². The van der Waals surface area contributed by atoms with E-state index in [1.807, 2.05) is 79.4 Å². The van der Waals surface area contributed by atoms with Gasteiger partial charge < -0.3 is 37.2 Å². The van der Waals surface area contributed by atoms with Crippen LogP contribution in [0.5, 0.6) is 0 Å². The highest BCUT2D eigenvalue weighted by atomic mass is 16.2. The molecule has 4 atom stereocenters. The van der Waals surface area contributed by atoms with Crippen LogP contribution in [0.4, 0.5) is 0 Å². The summed E-state index contributed by atoms with van der Waals surface area (Å²) >= 11 is 0. The number of benzene rings is 2. The summed E-state index contributed by atoms with van der Waals surface area (Å²) in [5, 5.41) is 8.70. The van der Waals surface area contributed by atoms with E-state index in [0.717, 1.165) is 37.2 Å². The number of amides is 4. The van der Waals surface area contributed by atoms with Crippen molar-refractivity contribution in [3.63, 3.8) is 0 Å². The molecule has 1 aliphatic heterocycles. The lowest BCUT2D eigenvalue weighted by Gasteiger charge is -2.29. The van der Waals surface area contributed by atoms with Crippen molar-refractivity contribution >= 4 is 23.6 Å². The van der Waals surface area contributed by atoms with Gasteiger partial charge >= 0.3 is 0 Å². The first-order valence-corrected chi connectivity index (χ1v) is 17.1. The van der Waals surface area contributed by atoms with E-state index in [9.17, 15) is 19.2 Å². The zero-order valence-electron chi connectivity index (χ0n) is 28.3. The maximum Gasteiger partial charge on any atom is 0.245 e. The average Bonchev–Trinajstić information content (AvgIpc) is 3.32. The van der Waals surface area contributed by atoms with Gasteiger partial charge in [0.1, 0.15) is 18.1 Å². The number of nitrogens with two attached hydrogens (primary N) is 2. The lowest BCUT2D eigenvalue weighted by atomic mass is 9.99. The molecule has 1 fully saturated rings. The Kier molecular flexibility index (Phi) is 15.8. The smallest absolute Gasteiger partial charge is 0.245 e. The minimum Gasteiger partial charge on any atom is -0.343 e. The molecule has 7 N–H and O–H groups in total. The van der Waals surface area contributed by atoms with E-state index in [0.29, 0.717) is 45.3 Å². The average molecular weight is 650 g/mol. The van der Waals surface area contributed by atoms with Crippen molar-refractivity contribution in [3.05, 3.63) is 71.8 Å². The fourth-order valence-corrected chi connectivity index (χ4v) is 5.85. The van der Waals surface area contributed by atoms with Gasteiger partial charge in [0.25, 0.3) is 0 Å². The maximum absolute atomic E-state index is 13.9. The highest BCUT2D eigenvalue weighted by Crippen LogP contribution is 2.12. The van der Waals surface area contributed by atoms with Crippen molar-refractivity contribution < 1.29 is 19.2 Å². The van der Waals surface area contributed by atoms with Crippen molar-refractivity contribution in [1.29, 1.82) is 0 Å². The van der Waals surface area contributed by atoms with Crippen LogP contribution >= 0.6 is 0 Å². The van der Waals surface area contributed by atoms with Crippen LogP contribution < -0.4 is 27.4 Å². The molecule has 0 aliphatic carbocycles. The number of carbonyl (C=O) groups excluding carboxylic acids is 4. The normalized spacial score (nSPS) is 16.4. The molecule has 11 nitrogen and oxygen atoms in total. The SMILES string of the molecule is CCN1CCCN(C(=O)[C@@H](CCCN)NC(=O)[C@@H](CC(C)C)NC(=O)[C@@H](Cc2ccccc2)NC(=O)[C@H](N)Cc2ccccc2)CC1. The molecule has 47 heavy (non-hydrogen) atoms. The number of carbonyl (C=O) groups is 4. The van der Waals surface area contributed by atoms with Gasteiger partial charge in [-0.05, 0) is 68.8 Å². The van der Waals surface area contributed by atoms with Crippen LogP contribution in [0.1, 0.15) is 57.6 Å². The Morgan fingerprint density at radius 1 is 0.745 bits per heavy atom. The van der Waals surface area contributed by atoms with E-state index in [-0.39, 0.29) is 18.2 Å². The lowest BCUT2D eigenvalue weighted by Crippen LogP contribution is -2.58. The molecule has 1 heterocycles. The van der Waals surface area contributed by atoms with E-state index in [1.54, 1.807) is 0 Å². The minimum atomic E-state index is -0.970. The Bertz CT molecular complexity index is 1260. The molecule has 1 saturated heterocycles. The minimum absolute atomic E-state index is 0.0661. The van der Waals surface area contributed by atoms with E-state index < -0.39 is 41.9 Å². The Morgan fingerprint density at radius 3 is 1.91 bits per heavy atom. The summed E-state index contributed by atoms with van der Waals surface area (Å²) in [5.74, 6) is -1.44. The van der Waals surface area contributed by atoms with Crippen LogP contribution in [-0.2, 0) is 32.0 Å². The summed E-state index contributed by atoms with van der Waals surface area (Å²) in [5.41, 5.74) is 13.8. The van der Waals surface area contributed by atoms with Gasteiger partial charge in [-0.1, -0.05) is 81.4 Å². The molecule has 0 aromatic heterocycles. The molecule has 2 aromatic rings. The Hall–Kier alpha value is -3.80. The topological polar surface area (TPSA) is 163 Å². The standard InChI is InChI=1S/C36H55N7O4/c1-4-42-19-12-20-43(22-21-42)36(47)30(17-11-18-37)39-34(45)31(23-26(2)3)41-35(46)32(25-28-15-9-6-10-16-28)40-33(44)29(38)24-27-13-7-5-8-14-27/h5-10,13-16,26,29-32H,4,11-12,17-25,37-38H2,1-3H3,(H,39,45)(H,40,44)(H,41,46)/t29-,30-,31-,32-/m1/s1. The third-order valence-corrected chi connectivity index (χ3v) is 8.55. The molecule has 2 aromatic carbocycles. The number of rotatable bonds is 17. The predicted molar refractivity (Wildman–Crippen MR) is 185 cm³/mol. The number of nitrogens with zero attached hydrogens (tertiary/aromatic N) is 2. The second kappa shape index (κ2) is 19.8. The number of hydrogen-bond acceptors (Lipinski definition) is 7. The van der Waals surface area contributed by atoms with Crippen molar-refractivity contribution in [1.82, 2.24) is 25.8 Å². The van der Waals surface area contributed by atoms with Crippen LogP contribution in [0.25, 0.3) is 0 Å². The monoisotopic (exact) mass is 649 g/mol. The fourth-order valence-electron chi connectivity index (χ4n) is 5.85. The molecular formula is C36H55N7O4. The molecule has 3 rings (SSSR count). The first kappa shape index (κ1) is 37.7. The van der Waals surface area contributed by atoms with Crippen LogP contribution in [0.15, 0.2) is 60.7 Å². The van der Waals surface area contributed by atoms with Crippen molar-refractivity contribution in [2.45, 2.75) is 83.5 Å². The van der Waals surface area contributed by atoms with E-state index in [1.165, 1.54) is 0 Å². The van der Waals surface area contributed by atoms with Gasteiger partial charge in [-0.15, -0.1) is 0 Å². The highest BCUT2D eigenvalue weighted by molar-refractivity contribution is 5.95. The van der Waals surface area contributed by atoms with Crippen LogP contribution in [-0.4, -0.2) is 96.9 Å². The van der Waals surface area contributed by atoms with E-state index >= 15 is 0 Å². The second-order valence-corrected chi connectivity index (χ2v) is 12.8. The van der Waals surface area contributed by atoms with Crippen molar-refractivity contribution in [3.8, 4) is 0 Å². The molecule has 4 amide bonds. The van der Waals surface area contributed by atoms with Gasteiger partial charge in [0.15, 0.2) is 0 Å². The summed E-state index contributed by atoms with van der Waals surface area (Å²) in [4.78, 5) is 58.7. The first-order chi connectivity index (χ1) is 22.6. The molecule has 0 spiro atoms. The quantitative estimate of drug-likeness (QED) is 0.174. The summed E-state index contributed by atoms with van der Waals surface area (Å²) in [6, 6.07) is 15.3. The number of likely N-dealkylation sites (N-methyl/N-ethyl adjacent to an activating group) is 1. The summed E-state index contributed by atoms with van der Waals surface area (Å²) in [6.45, 7) is 10.3. The molecule has 1 aliphatic rings. The molecule has 258 valence electrons. The molecule has 11 heteroatoms.